The van der Waals surface area contributed by atoms with E-state index in [4.69, 9.17) is 28.9 Å². The van der Waals surface area contributed by atoms with Gasteiger partial charge in [0.2, 0.25) is 0 Å². The van der Waals surface area contributed by atoms with Crippen LogP contribution in [0.15, 0.2) is 18.2 Å². The van der Waals surface area contributed by atoms with Gasteiger partial charge in [-0.3, -0.25) is 0 Å². The Bertz CT molecular complexity index is 611. The first-order chi connectivity index (χ1) is 9.49. The summed E-state index contributed by atoms with van der Waals surface area (Å²) in [5.74, 6) is 0.945. The Hall–Kier alpha value is -1.59. The van der Waals surface area contributed by atoms with Crippen molar-refractivity contribution in [2.75, 3.05) is 11.1 Å². The van der Waals surface area contributed by atoms with Crippen molar-refractivity contribution in [2.45, 2.75) is 19.8 Å². The average Bonchev–Trinajstić information content (AvgIpc) is 2.33. The lowest BCUT2D eigenvalue weighted by Crippen LogP contribution is -2.04. The highest BCUT2D eigenvalue weighted by molar-refractivity contribution is 6.39. The van der Waals surface area contributed by atoms with Crippen molar-refractivity contribution < 1.29 is 4.39 Å². The molecule has 0 amide bonds. The quantitative estimate of drug-likeness (QED) is 0.887. The summed E-state index contributed by atoms with van der Waals surface area (Å²) in [6.07, 6.45) is 1.62. The van der Waals surface area contributed by atoms with E-state index in [-0.39, 0.29) is 10.0 Å². The molecule has 1 aromatic carbocycles. The van der Waals surface area contributed by atoms with E-state index in [0.717, 1.165) is 6.42 Å². The van der Waals surface area contributed by atoms with Crippen molar-refractivity contribution >= 4 is 40.5 Å². The molecule has 1 heterocycles. The first-order valence-corrected chi connectivity index (χ1v) is 6.80. The standard InChI is InChI=1S/C13H13Cl2FN4/c1-2-3-11-18-10(17)6-12(19-11)20-13-8(14)4-7(16)5-9(13)15/h4-6H,2-3H2,1H3,(H3,17,18,19,20). The number of nitrogens with one attached hydrogen (secondary N) is 1. The molecule has 0 saturated carbocycles. The fraction of sp³-hybridized carbons (Fsp3) is 0.231. The van der Waals surface area contributed by atoms with Crippen LogP contribution in [-0.4, -0.2) is 9.97 Å². The number of halogens is 3. The van der Waals surface area contributed by atoms with Gasteiger partial charge in [-0.2, -0.15) is 0 Å². The van der Waals surface area contributed by atoms with Crippen LogP contribution in [0.3, 0.4) is 0 Å². The molecule has 0 aliphatic carbocycles. The number of aromatic nitrogens is 2. The lowest BCUT2D eigenvalue weighted by Gasteiger charge is -2.11. The van der Waals surface area contributed by atoms with Gasteiger partial charge in [-0.05, 0) is 18.6 Å². The second-order valence-electron chi connectivity index (χ2n) is 4.21. The summed E-state index contributed by atoms with van der Waals surface area (Å²) < 4.78 is 13.1. The van der Waals surface area contributed by atoms with E-state index in [1.165, 1.54) is 12.1 Å². The van der Waals surface area contributed by atoms with Gasteiger partial charge in [0.15, 0.2) is 0 Å². The Labute approximate surface area is 126 Å². The lowest BCUT2D eigenvalue weighted by atomic mass is 10.3. The van der Waals surface area contributed by atoms with E-state index in [1.807, 2.05) is 6.92 Å². The summed E-state index contributed by atoms with van der Waals surface area (Å²) in [6, 6.07) is 3.91. The molecule has 7 heteroatoms. The van der Waals surface area contributed by atoms with Crippen molar-refractivity contribution in [1.29, 1.82) is 0 Å². The number of aryl methyl sites for hydroxylation is 1. The molecule has 1 aromatic heterocycles. The van der Waals surface area contributed by atoms with Crippen LogP contribution < -0.4 is 11.1 Å². The van der Waals surface area contributed by atoms with E-state index in [9.17, 15) is 4.39 Å². The number of hydrogen-bond acceptors (Lipinski definition) is 4. The Morgan fingerprint density at radius 3 is 2.45 bits per heavy atom. The molecule has 2 aromatic rings. The number of nitrogens with two attached hydrogens (primary N) is 1. The highest BCUT2D eigenvalue weighted by Crippen LogP contribution is 2.33. The van der Waals surface area contributed by atoms with Crippen LogP contribution in [0.1, 0.15) is 19.2 Å². The molecule has 0 bridgehead atoms. The highest BCUT2D eigenvalue weighted by atomic mass is 35.5. The van der Waals surface area contributed by atoms with E-state index < -0.39 is 5.82 Å². The molecule has 0 unspecified atom stereocenters. The molecule has 4 nitrogen and oxygen atoms in total. The van der Waals surface area contributed by atoms with Gasteiger partial charge in [0.25, 0.3) is 0 Å². The normalized spacial score (nSPS) is 10.6. The van der Waals surface area contributed by atoms with Gasteiger partial charge < -0.3 is 11.1 Å². The van der Waals surface area contributed by atoms with Gasteiger partial charge in [-0.15, -0.1) is 0 Å². The zero-order chi connectivity index (χ0) is 14.7. The maximum atomic E-state index is 13.1. The Morgan fingerprint density at radius 2 is 1.85 bits per heavy atom. The third-order valence-corrected chi connectivity index (χ3v) is 3.12. The van der Waals surface area contributed by atoms with Gasteiger partial charge in [0, 0.05) is 12.5 Å². The van der Waals surface area contributed by atoms with Crippen LogP contribution in [0.4, 0.5) is 21.7 Å². The van der Waals surface area contributed by atoms with E-state index in [1.54, 1.807) is 6.07 Å². The van der Waals surface area contributed by atoms with E-state index >= 15 is 0 Å². The van der Waals surface area contributed by atoms with Crippen molar-refractivity contribution in [1.82, 2.24) is 9.97 Å². The molecule has 2 rings (SSSR count). The number of benzene rings is 1. The third kappa shape index (κ3) is 3.49. The van der Waals surface area contributed by atoms with Crippen molar-refractivity contribution in [3.05, 3.63) is 39.9 Å². The molecule has 20 heavy (non-hydrogen) atoms. The summed E-state index contributed by atoms with van der Waals surface area (Å²) in [7, 11) is 0. The molecular formula is C13H13Cl2FN4. The first kappa shape index (κ1) is 14.8. The van der Waals surface area contributed by atoms with Crippen molar-refractivity contribution in [2.24, 2.45) is 0 Å². The highest BCUT2D eigenvalue weighted by Gasteiger charge is 2.10. The smallest absolute Gasteiger partial charge is 0.136 e. The fourth-order valence-electron chi connectivity index (χ4n) is 1.71. The molecule has 0 spiro atoms. The van der Waals surface area contributed by atoms with E-state index in [0.29, 0.717) is 29.6 Å². The maximum Gasteiger partial charge on any atom is 0.136 e. The minimum atomic E-state index is -0.501. The molecular weight excluding hydrogens is 302 g/mol. The lowest BCUT2D eigenvalue weighted by molar-refractivity contribution is 0.628. The Kier molecular flexibility index (Phi) is 4.62. The topological polar surface area (TPSA) is 63.8 Å². The number of anilines is 3. The summed E-state index contributed by atoms with van der Waals surface area (Å²) in [6.45, 7) is 2.02. The molecule has 0 aliphatic rings. The summed E-state index contributed by atoms with van der Waals surface area (Å²) >= 11 is 11.9. The van der Waals surface area contributed by atoms with Gasteiger partial charge >= 0.3 is 0 Å². The number of nitrogens with zero attached hydrogens (tertiary/aromatic N) is 2. The predicted molar refractivity (Wildman–Crippen MR) is 80.1 cm³/mol. The third-order valence-electron chi connectivity index (χ3n) is 2.53. The number of nitrogen functional groups attached to an aromatic ring is 1. The minimum absolute atomic E-state index is 0.171. The fourth-order valence-corrected chi connectivity index (χ4v) is 2.26. The summed E-state index contributed by atoms with van der Waals surface area (Å²) in [5, 5.41) is 3.29. The van der Waals surface area contributed by atoms with Crippen LogP contribution >= 0.6 is 23.2 Å². The molecule has 0 radical (unpaired) electrons. The van der Waals surface area contributed by atoms with Crippen LogP contribution in [0.5, 0.6) is 0 Å². The number of hydrogen-bond donors (Lipinski definition) is 2. The van der Waals surface area contributed by atoms with Gasteiger partial charge in [0.1, 0.15) is 23.3 Å². The molecule has 0 fully saturated rings. The largest absolute Gasteiger partial charge is 0.384 e. The van der Waals surface area contributed by atoms with Crippen molar-refractivity contribution in [3.8, 4) is 0 Å². The summed E-state index contributed by atoms with van der Waals surface area (Å²) in [4.78, 5) is 8.43. The van der Waals surface area contributed by atoms with Crippen LogP contribution in [0.25, 0.3) is 0 Å². The molecule has 3 N–H and O–H groups in total. The SMILES string of the molecule is CCCc1nc(N)cc(Nc2c(Cl)cc(F)cc2Cl)n1. The zero-order valence-electron chi connectivity index (χ0n) is 10.8. The van der Waals surface area contributed by atoms with Gasteiger partial charge in [0.05, 0.1) is 15.7 Å². The monoisotopic (exact) mass is 314 g/mol. The second kappa shape index (κ2) is 6.24. The molecule has 0 saturated heterocycles. The predicted octanol–water partition coefficient (Wildman–Crippen LogP) is 4.20. The first-order valence-electron chi connectivity index (χ1n) is 6.04. The Morgan fingerprint density at radius 1 is 1.20 bits per heavy atom. The van der Waals surface area contributed by atoms with Crippen LogP contribution in [0.2, 0.25) is 10.0 Å². The second-order valence-corrected chi connectivity index (χ2v) is 5.03. The molecule has 106 valence electrons. The van der Waals surface area contributed by atoms with Gasteiger partial charge in [-0.1, -0.05) is 30.1 Å². The van der Waals surface area contributed by atoms with Crippen LogP contribution in [0, 0.1) is 5.82 Å². The van der Waals surface area contributed by atoms with E-state index in [2.05, 4.69) is 15.3 Å². The Balaban J connectivity index is 2.35. The molecule has 0 atom stereocenters. The maximum absolute atomic E-state index is 13.1. The minimum Gasteiger partial charge on any atom is -0.384 e. The van der Waals surface area contributed by atoms with Gasteiger partial charge in [-0.25, -0.2) is 14.4 Å². The van der Waals surface area contributed by atoms with Crippen LogP contribution in [-0.2, 0) is 6.42 Å². The molecule has 0 aliphatic heterocycles. The number of rotatable bonds is 4. The zero-order valence-corrected chi connectivity index (χ0v) is 12.3. The average molecular weight is 315 g/mol. The summed E-state index contributed by atoms with van der Waals surface area (Å²) in [5.41, 5.74) is 6.11. The van der Waals surface area contributed by atoms with Crippen molar-refractivity contribution in [3.63, 3.8) is 0 Å².